The van der Waals surface area contributed by atoms with E-state index >= 15 is 0 Å². The van der Waals surface area contributed by atoms with E-state index in [1.807, 2.05) is 73.1 Å². The van der Waals surface area contributed by atoms with Crippen LogP contribution in [-0.2, 0) is 13.1 Å². The van der Waals surface area contributed by atoms with E-state index in [-0.39, 0.29) is 5.91 Å². The monoisotopic (exact) mass is 428 g/mol. The Kier molecular flexibility index (Phi) is 6.48. The van der Waals surface area contributed by atoms with Crippen LogP contribution in [0.2, 0.25) is 0 Å². The molecule has 2 aromatic carbocycles. The highest BCUT2D eigenvalue weighted by atomic mass is 32.2. The molecule has 0 aliphatic rings. The highest BCUT2D eigenvalue weighted by molar-refractivity contribution is 7.99. The molecule has 6 heteroatoms. The minimum absolute atomic E-state index is 0.138. The van der Waals surface area contributed by atoms with Gasteiger partial charge in [-0.25, -0.2) is 4.98 Å². The maximum atomic E-state index is 13.0. The van der Waals surface area contributed by atoms with Crippen molar-refractivity contribution in [1.29, 1.82) is 0 Å². The lowest BCUT2D eigenvalue weighted by atomic mass is 10.2. The number of hydrogen-bond donors (Lipinski definition) is 1. The van der Waals surface area contributed by atoms with Crippen LogP contribution in [0, 0.1) is 13.8 Å². The first-order chi connectivity index (χ1) is 15.1. The second kappa shape index (κ2) is 9.62. The third-order valence-electron chi connectivity index (χ3n) is 5.11. The van der Waals surface area contributed by atoms with E-state index in [9.17, 15) is 4.79 Å². The number of carbonyl (C=O) groups is 1. The normalized spacial score (nSPS) is 10.8. The van der Waals surface area contributed by atoms with Crippen molar-refractivity contribution in [3.05, 3.63) is 107 Å². The highest BCUT2D eigenvalue weighted by Crippen LogP contribution is 2.28. The van der Waals surface area contributed by atoms with E-state index in [1.165, 1.54) is 17.3 Å². The summed E-state index contributed by atoms with van der Waals surface area (Å²) in [6.45, 7) is 5.17. The largest absolute Gasteiger partial charge is 0.348 e. The summed E-state index contributed by atoms with van der Waals surface area (Å²) in [5, 5.41) is 8.43. The molecule has 4 aromatic rings. The molecule has 31 heavy (non-hydrogen) atoms. The van der Waals surface area contributed by atoms with Crippen molar-refractivity contribution in [2.75, 3.05) is 0 Å². The number of hydrogen-bond acceptors (Lipinski definition) is 4. The average molecular weight is 429 g/mol. The molecule has 0 spiro atoms. The van der Waals surface area contributed by atoms with Gasteiger partial charge >= 0.3 is 0 Å². The molecule has 0 atom stereocenters. The first kappa shape index (κ1) is 20.9. The van der Waals surface area contributed by atoms with Crippen molar-refractivity contribution in [2.45, 2.75) is 36.9 Å². The summed E-state index contributed by atoms with van der Waals surface area (Å²) in [6.07, 6.45) is 1.71. The molecular weight excluding hydrogens is 404 g/mol. The number of pyridine rings is 1. The fourth-order valence-corrected chi connectivity index (χ4v) is 4.31. The average Bonchev–Trinajstić information content (AvgIpc) is 3.06. The maximum Gasteiger partial charge on any atom is 0.254 e. The molecule has 0 unspecified atom stereocenters. The number of nitrogens with one attached hydrogen (secondary N) is 1. The van der Waals surface area contributed by atoms with Crippen LogP contribution in [0.1, 0.15) is 32.9 Å². The van der Waals surface area contributed by atoms with Gasteiger partial charge in [-0.1, -0.05) is 60.3 Å². The van der Waals surface area contributed by atoms with Crippen molar-refractivity contribution in [3.63, 3.8) is 0 Å². The van der Waals surface area contributed by atoms with E-state index < -0.39 is 0 Å². The number of carbonyl (C=O) groups excluding carboxylic acids is 1. The summed E-state index contributed by atoms with van der Waals surface area (Å²) in [4.78, 5) is 18.4. The Morgan fingerprint density at radius 1 is 0.968 bits per heavy atom. The molecule has 0 saturated carbocycles. The quantitative estimate of drug-likeness (QED) is 0.449. The molecule has 5 nitrogen and oxygen atoms in total. The lowest BCUT2D eigenvalue weighted by Crippen LogP contribution is -2.24. The third-order valence-corrected chi connectivity index (χ3v) is 6.13. The first-order valence-electron chi connectivity index (χ1n) is 10.1. The van der Waals surface area contributed by atoms with Gasteiger partial charge in [-0.3, -0.25) is 9.48 Å². The van der Waals surface area contributed by atoms with Crippen LogP contribution in [0.25, 0.3) is 0 Å². The van der Waals surface area contributed by atoms with Crippen molar-refractivity contribution in [3.8, 4) is 0 Å². The van der Waals surface area contributed by atoms with Gasteiger partial charge in [0, 0.05) is 28.9 Å². The van der Waals surface area contributed by atoms with Crippen LogP contribution in [0.15, 0.2) is 88.9 Å². The summed E-state index contributed by atoms with van der Waals surface area (Å²) < 4.78 is 1.99. The lowest BCUT2D eigenvalue weighted by molar-refractivity contribution is 0.0947. The van der Waals surface area contributed by atoms with E-state index in [0.29, 0.717) is 23.7 Å². The van der Waals surface area contributed by atoms with E-state index in [2.05, 4.69) is 27.5 Å². The van der Waals surface area contributed by atoms with Crippen LogP contribution in [-0.4, -0.2) is 20.7 Å². The van der Waals surface area contributed by atoms with Gasteiger partial charge in [-0.05, 0) is 43.7 Å². The van der Waals surface area contributed by atoms with Crippen molar-refractivity contribution in [1.82, 2.24) is 20.1 Å². The standard InChI is InChI=1S/C25H24N4OS/c1-18-23(19(2)29(28-18)17-20-10-5-3-6-11-20)16-27-24(30)22-14-9-15-26-25(22)31-21-12-7-4-8-13-21/h3-15H,16-17H2,1-2H3,(H,27,30). The Morgan fingerprint density at radius 3 is 2.42 bits per heavy atom. The Morgan fingerprint density at radius 2 is 1.68 bits per heavy atom. The van der Waals surface area contributed by atoms with E-state index in [1.54, 1.807) is 12.3 Å². The Bertz CT molecular complexity index is 1170. The van der Waals surface area contributed by atoms with Gasteiger partial charge in [0.1, 0.15) is 5.03 Å². The van der Waals surface area contributed by atoms with Gasteiger partial charge in [-0.2, -0.15) is 5.10 Å². The number of amides is 1. The summed E-state index contributed by atoms with van der Waals surface area (Å²) in [5.41, 5.74) is 4.81. The molecule has 156 valence electrons. The third kappa shape index (κ3) is 5.03. The van der Waals surface area contributed by atoms with Crippen molar-refractivity contribution in [2.24, 2.45) is 0 Å². The molecule has 2 aromatic heterocycles. The van der Waals surface area contributed by atoms with Gasteiger partial charge < -0.3 is 5.32 Å². The zero-order chi connectivity index (χ0) is 21.6. The highest BCUT2D eigenvalue weighted by Gasteiger charge is 2.16. The maximum absolute atomic E-state index is 13.0. The zero-order valence-corrected chi connectivity index (χ0v) is 18.4. The fraction of sp³-hybridized carbons (Fsp3) is 0.160. The van der Waals surface area contributed by atoms with Crippen LogP contribution < -0.4 is 5.32 Å². The molecule has 4 rings (SSSR count). The fourth-order valence-electron chi connectivity index (χ4n) is 3.41. The Hall–Kier alpha value is -3.38. The molecule has 0 fully saturated rings. The second-order valence-corrected chi connectivity index (χ2v) is 8.31. The molecule has 0 aliphatic carbocycles. The van der Waals surface area contributed by atoms with Crippen molar-refractivity contribution >= 4 is 17.7 Å². The second-order valence-electron chi connectivity index (χ2n) is 7.25. The van der Waals surface area contributed by atoms with Gasteiger partial charge in [0.2, 0.25) is 0 Å². The summed E-state index contributed by atoms with van der Waals surface area (Å²) >= 11 is 1.49. The Labute approximate surface area is 186 Å². The van der Waals surface area contributed by atoms with Crippen LogP contribution >= 0.6 is 11.8 Å². The van der Waals surface area contributed by atoms with Crippen LogP contribution in [0.3, 0.4) is 0 Å². The van der Waals surface area contributed by atoms with Gasteiger partial charge in [0.15, 0.2) is 0 Å². The predicted molar refractivity (Wildman–Crippen MR) is 123 cm³/mol. The van der Waals surface area contributed by atoms with E-state index in [4.69, 9.17) is 0 Å². The Balaban J connectivity index is 1.47. The number of rotatable bonds is 7. The summed E-state index contributed by atoms with van der Waals surface area (Å²) in [5.74, 6) is -0.138. The minimum atomic E-state index is -0.138. The molecule has 1 N–H and O–H groups in total. The van der Waals surface area contributed by atoms with Crippen molar-refractivity contribution < 1.29 is 4.79 Å². The molecule has 0 aliphatic heterocycles. The van der Waals surface area contributed by atoms with Crippen LogP contribution in [0.4, 0.5) is 0 Å². The predicted octanol–water partition coefficient (Wildman–Crippen LogP) is 5.02. The number of nitrogens with zero attached hydrogens (tertiary/aromatic N) is 3. The molecule has 0 saturated heterocycles. The summed E-state index contributed by atoms with van der Waals surface area (Å²) in [7, 11) is 0. The molecule has 2 heterocycles. The number of aryl methyl sites for hydroxylation is 1. The molecule has 0 bridgehead atoms. The van der Waals surface area contributed by atoms with Gasteiger partial charge in [0.25, 0.3) is 5.91 Å². The zero-order valence-electron chi connectivity index (χ0n) is 17.6. The SMILES string of the molecule is Cc1nn(Cc2ccccc2)c(C)c1CNC(=O)c1cccnc1Sc1ccccc1. The number of aromatic nitrogens is 3. The summed E-state index contributed by atoms with van der Waals surface area (Å²) in [6, 6.07) is 23.8. The minimum Gasteiger partial charge on any atom is -0.348 e. The smallest absolute Gasteiger partial charge is 0.254 e. The molecule has 1 amide bonds. The topological polar surface area (TPSA) is 59.8 Å². The van der Waals surface area contributed by atoms with Gasteiger partial charge in [0.05, 0.1) is 17.8 Å². The molecule has 0 radical (unpaired) electrons. The first-order valence-corrected chi connectivity index (χ1v) is 11.0. The lowest BCUT2D eigenvalue weighted by Gasteiger charge is -2.10. The van der Waals surface area contributed by atoms with Gasteiger partial charge in [-0.15, -0.1) is 0 Å². The number of benzene rings is 2. The molecular formula is C25H24N4OS. The van der Waals surface area contributed by atoms with E-state index in [0.717, 1.165) is 21.8 Å². The van der Waals surface area contributed by atoms with Crippen LogP contribution in [0.5, 0.6) is 0 Å².